The zero-order valence-electron chi connectivity index (χ0n) is 21.6. The predicted molar refractivity (Wildman–Crippen MR) is 151 cm³/mol. The number of nitrogens with zero attached hydrogens (tertiary/aromatic N) is 3. The predicted octanol–water partition coefficient (Wildman–Crippen LogP) is 5.69. The average Bonchev–Trinajstić information content (AvgIpc) is 3.28. The smallest absolute Gasteiger partial charge is 0.329 e. The Hall–Kier alpha value is -4.49. The number of para-hydroxylation sites is 1. The van der Waals surface area contributed by atoms with Gasteiger partial charge in [-0.25, -0.2) is 0 Å². The van der Waals surface area contributed by atoms with E-state index in [-0.39, 0.29) is 18.1 Å². The van der Waals surface area contributed by atoms with Gasteiger partial charge >= 0.3 is 5.97 Å². The second kappa shape index (κ2) is 10.6. The number of halogens is 1. The molecule has 2 aliphatic rings. The Morgan fingerprint density at radius 3 is 2.50 bits per heavy atom. The van der Waals surface area contributed by atoms with Gasteiger partial charge in [-0.05, 0) is 58.2 Å². The van der Waals surface area contributed by atoms with Crippen LogP contribution in [-0.2, 0) is 9.53 Å². The summed E-state index contributed by atoms with van der Waals surface area (Å²) in [7, 11) is 1.52. The van der Waals surface area contributed by atoms with E-state index in [4.69, 9.17) is 9.47 Å². The lowest BCUT2D eigenvalue weighted by Gasteiger charge is -2.36. The number of nitriles is 1. The molecule has 2 aliphatic heterocycles. The van der Waals surface area contributed by atoms with Gasteiger partial charge in [0.2, 0.25) is 0 Å². The first kappa shape index (κ1) is 27.1. The van der Waals surface area contributed by atoms with Crippen LogP contribution in [0.1, 0.15) is 34.3 Å². The maximum Gasteiger partial charge on any atom is 0.329 e. The van der Waals surface area contributed by atoms with Gasteiger partial charge in [0, 0.05) is 29.3 Å². The van der Waals surface area contributed by atoms with E-state index in [2.05, 4.69) is 22.0 Å². The normalized spacial score (nSPS) is 22.6. The Bertz CT molecular complexity index is 1580. The summed E-state index contributed by atoms with van der Waals surface area (Å²) in [5, 5.41) is 22.2. The van der Waals surface area contributed by atoms with Crippen LogP contribution in [0.3, 0.4) is 0 Å². The van der Waals surface area contributed by atoms with Gasteiger partial charge in [-0.2, -0.15) is 5.26 Å². The van der Waals surface area contributed by atoms with Gasteiger partial charge in [0.25, 0.3) is 5.69 Å². The van der Waals surface area contributed by atoms with E-state index in [9.17, 15) is 25.0 Å². The molecular formula is C30H24BrN3O6. The summed E-state index contributed by atoms with van der Waals surface area (Å²) in [5.74, 6) is -1.57. The number of carbonyl (C=O) groups excluding carboxylic acids is 2. The zero-order valence-corrected chi connectivity index (χ0v) is 23.2. The van der Waals surface area contributed by atoms with Gasteiger partial charge in [-0.1, -0.05) is 42.5 Å². The first-order chi connectivity index (χ1) is 19.3. The molecular weight excluding hydrogens is 578 g/mol. The average molecular weight is 602 g/mol. The highest BCUT2D eigenvalue weighted by Crippen LogP contribution is 2.56. The molecule has 0 saturated carbocycles. The molecule has 9 nitrogen and oxygen atoms in total. The van der Waals surface area contributed by atoms with E-state index in [1.165, 1.54) is 31.4 Å². The number of esters is 1. The molecule has 0 spiro atoms. The topological polar surface area (TPSA) is 123 Å². The Morgan fingerprint density at radius 1 is 1.15 bits per heavy atom. The van der Waals surface area contributed by atoms with Crippen LogP contribution in [-0.4, -0.2) is 42.5 Å². The van der Waals surface area contributed by atoms with Crippen LogP contribution in [0.5, 0.6) is 5.75 Å². The van der Waals surface area contributed by atoms with Crippen LogP contribution in [0, 0.1) is 26.9 Å². The molecule has 0 aliphatic carbocycles. The van der Waals surface area contributed by atoms with Crippen molar-refractivity contribution in [2.24, 2.45) is 5.41 Å². The first-order valence-corrected chi connectivity index (χ1v) is 13.3. The van der Waals surface area contributed by atoms with Crippen LogP contribution >= 0.6 is 15.9 Å². The van der Waals surface area contributed by atoms with Crippen molar-refractivity contribution in [3.8, 4) is 11.8 Å². The van der Waals surface area contributed by atoms with E-state index >= 15 is 0 Å². The number of fused-ring (bicyclic) bond motifs is 3. The van der Waals surface area contributed by atoms with E-state index in [0.29, 0.717) is 27.0 Å². The number of rotatable bonds is 7. The Kier molecular flexibility index (Phi) is 7.17. The number of hydrogen-bond donors (Lipinski definition) is 0. The van der Waals surface area contributed by atoms with E-state index in [0.717, 1.165) is 5.56 Å². The summed E-state index contributed by atoms with van der Waals surface area (Å²) >= 11 is 3.45. The lowest BCUT2D eigenvalue weighted by Crippen LogP contribution is -2.47. The molecule has 3 aromatic rings. The number of benzene rings is 3. The molecule has 0 amide bonds. The molecule has 0 bridgehead atoms. The summed E-state index contributed by atoms with van der Waals surface area (Å²) in [5.41, 5.74) is 0.312. The van der Waals surface area contributed by atoms with Crippen molar-refractivity contribution in [1.29, 1.82) is 5.26 Å². The second-order valence-electron chi connectivity index (χ2n) is 9.46. The van der Waals surface area contributed by atoms with Crippen LogP contribution in [0.15, 0.2) is 77.3 Å². The molecule has 202 valence electrons. The molecule has 0 radical (unpaired) electrons. The third-order valence-corrected chi connectivity index (χ3v) is 8.13. The largest absolute Gasteiger partial charge is 0.496 e. The Labute approximate surface area is 238 Å². The summed E-state index contributed by atoms with van der Waals surface area (Å²) in [6, 6.07) is 18.4. The quantitative estimate of drug-likeness (QED) is 0.146. The maximum absolute atomic E-state index is 14.5. The van der Waals surface area contributed by atoms with Gasteiger partial charge in [-0.15, -0.1) is 0 Å². The number of non-ortho nitro benzene ring substituents is 1. The molecule has 3 aromatic carbocycles. The SMILES string of the molecule is CCOC(=O)[C@@]1(C#N)[C@@H]2C=Cc3ccccc3N2[C@H](C(=O)c2ccc(OC)c(Br)c2)[C@@H]1c1ccc([N+](=O)[O-])cc1. The standard InChI is InChI=1S/C30H24BrN3O6/c1-3-40-29(36)30(17-32)25-15-11-18-6-4-5-7-23(18)33(25)27(26(30)19-8-12-21(13-9-19)34(37)38)28(35)20-10-14-24(39-2)22(31)16-20/h4-16,25-27H,3H2,1-2H3/t25-,26-,27-,30-/m0/s1. The molecule has 4 atom stereocenters. The zero-order chi connectivity index (χ0) is 28.6. The van der Waals surface area contributed by atoms with Gasteiger partial charge < -0.3 is 14.4 Å². The number of Topliss-reactive ketones (excluding diaryl/α,β-unsaturated/α-hetero) is 1. The number of nitro benzene ring substituents is 1. The van der Waals surface area contributed by atoms with Crippen molar-refractivity contribution in [3.63, 3.8) is 0 Å². The molecule has 0 unspecified atom stereocenters. The van der Waals surface area contributed by atoms with Crippen molar-refractivity contribution < 1.29 is 24.0 Å². The summed E-state index contributed by atoms with van der Waals surface area (Å²) < 4.78 is 11.4. The summed E-state index contributed by atoms with van der Waals surface area (Å²) in [4.78, 5) is 41.0. The van der Waals surface area contributed by atoms with Crippen LogP contribution in [0.2, 0.25) is 0 Å². The van der Waals surface area contributed by atoms with Crippen molar-refractivity contribution in [3.05, 3.63) is 104 Å². The minimum absolute atomic E-state index is 0.0340. The fourth-order valence-electron chi connectivity index (χ4n) is 5.78. The maximum atomic E-state index is 14.5. The highest BCUT2D eigenvalue weighted by Gasteiger charge is 2.67. The van der Waals surface area contributed by atoms with E-state index in [1.54, 1.807) is 31.2 Å². The fourth-order valence-corrected chi connectivity index (χ4v) is 6.33. The van der Waals surface area contributed by atoms with Crippen LogP contribution < -0.4 is 9.64 Å². The van der Waals surface area contributed by atoms with Crippen molar-refractivity contribution in [2.45, 2.75) is 24.9 Å². The fraction of sp³-hybridized carbons (Fsp3) is 0.233. The van der Waals surface area contributed by atoms with Crippen molar-refractivity contribution >= 4 is 45.1 Å². The van der Waals surface area contributed by atoms with E-state index < -0.39 is 34.3 Å². The first-order valence-electron chi connectivity index (χ1n) is 12.5. The molecule has 1 saturated heterocycles. The minimum Gasteiger partial charge on any atom is -0.496 e. The van der Waals surface area contributed by atoms with Crippen molar-refractivity contribution in [2.75, 3.05) is 18.6 Å². The second-order valence-corrected chi connectivity index (χ2v) is 10.3. The molecule has 0 N–H and O–H groups in total. The number of methoxy groups -OCH3 is 1. The van der Waals surface area contributed by atoms with Gasteiger partial charge in [0.05, 0.1) is 35.2 Å². The highest BCUT2D eigenvalue weighted by atomic mass is 79.9. The third-order valence-electron chi connectivity index (χ3n) is 7.51. The molecule has 1 fully saturated rings. The van der Waals surface area contributed by atoms with Gasteiger partial charge in [0.1, 0.15) is 11.8 Å². The third kappa shape index (κ3) is 4.14. The molecule has 40 heavy (non-hydrogen) atoms. The number of ketones is 1. The minimum atomic E-state index is -1.83. The van der Waals surface area contributed by atoms with Crippen LogP contribution in [0.4, 0.5) is 11.4 Å². The lowest BCUT2D eigenvalue weighted by molar-refractivity contribution is -0.384. The van der Waals surface area contributed by atoms with Gasteiger partial charge in [0.15, 0.2) is 11.2 Å². The molecule has 0 aromatic heterocycles. The van der Waals surface area contributed by atoms with Gasteiger partial charge in [-0.3, -0.25) is 19.7 Å². The molecule has 10 heteroatoms. The number of hydrogen-bond acceptors (Lipinski definition) is 8. The lowest BCUT2D eigenvalue weighted by atomic mass is 9.68. The Balaban J connectivity index is 1.79. The Morgan fingerprint density at radius 2 is 1.88 bits per heavy atom. The van der Waals surface area contributed by atoms with Crippen molar-refractivity contribution in [1.82, 2.24) is 0 Å². The van der Waals surface area contributed by atoms with Crippen LogP contribution in [0.25, 0.3) is 6.08 Å². The highest BCUT2D eigenvalue weighted by molar-refractivity contribution is 9.10. The number of ether oxygens (including phenoxy) is 2. The van der Waals surface area contributed by atoms with E-state index in [1.807, 2.05) is 35.2 Å². The summed E-state index contributed by atoms with van der Waals surface area (Å²) in [6.07, 6.45) is 3.60. The number of carbonyl (C=O) groups is 2. The monoisotopic (exact) mass is 601 g/mol. The number of nitro groups is 1. The summed E-state index contributed by atoms with van der Waals surface area (Å²) in [6.45, 7) is 1.69. The molecule has 5 rings (SSSR count). The molecule has 2 heterocycles. The number of anilines is 1.